The Labute approximate surface area is 316 Å². The van der Waals surface area contributed by atoms with E-state index in [0.29, 0.717) is 35.8 Å². The van der Waals surface area contributed by atoms with Gasteiger partial charge in [-0.25, -0.2) is 0 Å². The second-order valence-electron chi connectivity index (χ2n) is 16.8. The smallest absolute Gasteiger partial charge is 0.307 e. The van der Waals surface area contributed by atoms with E-state index >= 15 is 0 Å². The maximum Gasteiger partial charge on any atom is 0.307 e. The van der Waals surface area contributed by atoms with Crippen molar-refractivity contribution in [1.29, 1.82) is 0 Å². The van der Waals surface area contributed by atoms with Gasteiger partial charge in [-0.3, -0.25) is 9.24 Å². The average Bonchev–Trinajstić information content (AvgIpc) is 3.74. The number of rotatable bonds is 8. The van der Waals surface area contributed by atoms with Crippen molar-refractivity contribution >= 4 is 37.9 Å². The summed E-state index contributed by atoms with van der Waals surface area (Å²) in [5.74, 6) is 2.00. The van der Waals surface area contributed by atoms with E-state index in [9.17, 15) is 0 Å². The fraction of sp³-hybridized carbons (Fsp3) is 0.404. The highest BCUT2D eigenvalue weighted by Gasteiger charge is 2.63. The van der Waals surface area contributed by atoms with E-state index in [1.54, 1.807) is 21.5 Å². The van der Waals surface area contributed by atoms with Gasteiger partial charge in [-0.1, -0.05) is 151 Å². The van der Waals surface area contributed by atoms with Crippen molar-refractivity contribution in [3.8, 4) is 0 Å². The lowest BCUT2D eigenvalue weighted by molar-refractivity contribution is 0.297. The van der Waals surface area contributed by atoms with Crippen LogP contribution in [0.2, 0.25) is 0 Å². The molecule has 0 spiro atoms. The summed E-state index contributed by atoms with van der Waals surface area (Å²) in [7, 11) is -3.95. The first-order valence-electron chi connectivity index (χ1n) is 20.1. The van der Waals surface area contributed by atoms with E-state index < -0.39 is 16.5 Å². The SMILES string of the molecule is CC(C)c1cccc(C(C)C)c1N1C2=C([C@@H]3CC[C@H]2C3)P2C(c3ccccc3)=C(c3ccccc3)[Si@]1(c1ccccc1)N(C(C)C)CCN2C(C)C. The summed E-state index contributed by atoms with van der Waals surface area (Å²) in [6, 6.07) is 43.4. The molecule has 3 nitrogen and oxygen atoms in total. The van der Waals surface area contributed by atoms with Crippen LogP contribution in [0.4, 0.5) is 5.69 Å². The Morgan fingerprint density at radius 1 is 0.596 bits per heavy atom. The second-order valence-corrected chi connectivity index (χ2v) is 22.3. The van der Waals surface area contributed by atoms with Crippen LogP contribution in [0.1, 0.15) is 109 Å². The molecule has 4 atom stereocenters. The largest absolute Gasteiger partial charge is 0.350 e. The zero-order valence-corrected chi connectivity index (χ0v) is 34.6. The Morgan fingerprint density at radius 3 is 1.71 bits per heavy atom. The Balaban J connectivity index is 1.70. The summed E-state index contributed by atoms with van der Waals surface area (Å²) in [5.41, 5.74) is 9.03. The van der Waals surface area contributed by atoms with Gasteiger partial charge in [-0.15, -0.1) is 0 Å². The van der Waals surface area contributed by atoms with Crippen molar-refractivity contribution in [2.75, 3.05) is 17.7 Å². The molecule has 2 aliphatic heterocycles. The quantitative estimate of drug-likeness (QED) is 0.132. The molecule has 52 heavy (non-hydrogen) atoms. The lowest BCUT2D eigenvalue weighted by Gasteiger charge is -2.56. The van der Waals surface area contributed by atoms with Crippen LogP contribution < -0.4 is 9.75 Å². The van der Waals surface area contributed by atoms with E-state index in [2.05, 4.69) is 178 Å². The van der Waals surface area contributed by atoms with E-state index in [4.69, 9.17) is 0 Å². The fourth-order valence-corrected chi connectivity index (χ4v) is 20.2. The van der Waals surface area contributed by atoms with Gasteiger partial charge in [-0.2, -0.15) is 0 Å². The third-order valence-electron chi connectivity index (χ3n) is 12.4. The van der Waals surface area contributed by atoms with Gasteiger partial charge in [0.05, 0.1) is 0 Å². The third-order valence-corrected chi connectivity index (χ3v) is 20.8. The molecule has 1 fully saturated rings. The van der Waals surface area contributed by atoms with Gasteiger partial charge in [0.2, 0.25) is 0 Å². The van der Waals surface area contributed by atoms with Crippen LogP contribution in [0.25, 0.3) is 10.5 Å². The third kappa shape index (κ3) is 5.55. The minimum Gasteiger partial charge on any atom is -0.350 e. The first-order valence-corrected chi connectivity index (χ1v) is 23.3. The van der Waals surface area contributed by atoms with Gasteiger partial charge in [0, 0.05) is 43.9 Å². The molecule has 0 amide bonds. The number of nitrogens with zero attached hydrogens (tertiary/aromatic N) is 3. The summed E-state index contributed by atoms with van der Waals surface area (Å²) in [6.45, 7) is 21.8. The van der Waals surface area contributed by atoms with Gasteiger partial charge in [0.1, 0.15) is 0 Å². The standard InChI is InChI=1S/C47H58N3PSi/c1-32(2)41-25-18-26-42(33(3)4)44(41)50-43-38-27-28-39(31-38)45(43)51-46(36-19-12-9-13-20-36)47(37-21-14-10-15-22-37)52(50,40-23-16-11-17-24-40)49(35(7)8)30-29-48(51)34(5)6/h9-26,32-35,38-39H,27-31H2,1-8H3/t38-,39+,51?,52+/m0/s1. The molecule has 4 aromatic carbocycles. The van der Waals surface area contributed by atoms with Crippen molar-refractivity contribution in [1.82, 2.24) is 9.24 Å². The number of para-hydroxylation sites is 1. The van der Waals surface area contributed by atoms with Crippen LogP contribution in [0.3, 0.4) is 0 Å². The highest BCUT2D eigenvalue weighted by Crippen LogP contribution is 2.74. The Bertz CT molecular complexity index is 1940. The molecule has 4 aromatic rings. The molecule has 5 heteroatoms. The summed E-state index contributed by atoms with van der Waals surface area (Å²) >= 11 is 0. The van der Waals surface area contributed by atoms with E-state index in [1.165, 1.54) is 52.4 Å². The highest BCUT2D eigenvalue weighted by molar-refractivity contribution is 7.71. The van der Waals surface area contributed by atoms with Crippen molar-refractivity contribution in [3.05, 3.63) is 142 Å². The summed E-state index contributed by atoms with van der Waals surface area (Å²) in [5, 5.41) is 6.54. The number of hydrogen-bond donors (Lipinski definition) is 0. The van der Waals surface area contributed by atoms with Crippen LogP contribution in [0.15, 0.2) is 120 Å². The van der Waals surface area contributed by atoms with Gasteiger partial charge in [-0.05, 0) is 101 Å². The number of allylic oxidation sites excluding steroid dienone is 2. The molecule has 1 unspecified atom stereocenters. The van der Waals surface area contributed by atoms with Crippen molar-refractivity contribution in [2.24, 2.45) is 11.8 Å². The van der Waals surface area contributed by atoms with Crippen molar-refractivity contribution < 1.29 is 0 Å². The number of anilines is 1. The minimum atomic E-state index is -3.14. The molecule has 4 bridgehead atoms. The predicted molar refractivity (Wildman–Crippen MR) is 227 cm³/mol. The zero-order valence-electron chi connectivity index (χ0n) is 32.7. The monoisotopic (exact) mass is 723 g/mol. The molecule has 270 valence electrons. The first kappa shape index (κ1) is 35.7. The van der Waals surface area contributed by atoms with Crippen molar-refractivity contribution in [3.63, 3.8) is 0 Å². The summed E-state index contributed by atoms with van der Waals surface area (Å²) < 4.78 is 9.24. The molecular formula is C47H58N3PSi. The summed E-state index contributed by atoms with van der Waals surface area (Å²) in [6.07, 6.45) is 3.92. The molecule has 0 N–H and O–H groups in total. The molecule has 2 aliphatic carbocycles. The van der Waals surface area contributed by atoms with E-state index in [0.717, 1.165) is 13.1 Å². The topological polar surface area (TPSA) is 9.72 Å². The average molecular weight is 724 g/mol. The van der Waals surface area contributed by atoms with E-state index in [-0.39, 0.29) is 0 Å². The van der Waals surface area contributed by atoms with Crippen LogP contribution in [-0.2, 0) is 0 Å². The van der Waals surface area contributed by atoms with Gasteiger partial charge >= 0.3 is 8.40 Å². The lowest BCUT2D eigenvalue weighted by atomic mass is 9.91. The molecule has 2 heterocycles. The van der Waals surface area contributed by atoms with Crippen LogP contribution >= 0.6 is 8.07 Å². The Kier molecular flexibility index (Phi) is 9.75. The molecule has 0 saturated heterocycles. The summed E-state index contributed by atoms with van der Waals surface area (Å²) in [4.78, 5) is 0. The highest BCUT2D eigenvalue weighted by atomic mass is 31.1. The number of fused-ring (bicyclic) bond motifs is 7. The Hall–Kier alpha value is -3.27. The molecular weight excluding hydrogens is 666 g/mol. The van der Waals surface area contributed by atoms with Crippen LogP contribution in [0, 0.1) is 11.8 Å². The lowest BCUT2D eigenvalue weighted by Crippen LogP contribution is -2.76. The Morgan fingerprint density at radius 2 is 1.15 bits per heavy atom. The second kappa shape index (κ2) is 14.2. The van der Waals surface area contributed by atoms with Gasteiger partial charge < -0.3 is 4.57 Å². The molecule has 8 rings (SSSR count). The molecule has 0 aromatic heterocycles. The first-order chi connectivity index (χ1) is 25.2. The van der Waals surface area contributed by atoms with Gasteiger partial charge in [0.25, 0.3) is 0 Å². The fourth-order valence-electron chi connectivity index (χ4n) is 10.3. The molecule has 1 saturated carbocycles. The van der Waals surface area contributed by atoms with Crippen LogP contribution in [0.5, 0.6) is 0 Å². The maximum absolute atomic E-state index is 3.18. The minimum absolute atomic E-state index is 0.331. The number of benzene rings is 4. The molecule has 0 radical (unpaired) electrons. The zero-order chi connectivity index (χ0) is 36.3. The normalized spacial score (nSPS) is 25.2. The van der Waals surface area contributed by atoms with Crippen LogP contribution in [-0.4, -0.2) is 42.8 Å². The molecule has 4 aliphatic rings. The van der Waals surface area contributed by atoms with E-state index in [1.807, 2.05) is 0 Å². The maximum atomic E-state index is 3.18. The predicted octanol–water partition coefficient (Wildman–Crippen LogP) is 11.7. The number of hydrogen-bond acceptors (Lipinski definition) is 3. The van der Waals surface area contributed by atoms with Crippen molar-refractivity contribution in [2.45, 2.75) is 98.6 Å². The van der Waals surface area contributed by atoms with Gasteiger partial charge in [0.15, 0.2) is 0 Å².